The maximum absolute atomic E-state index is 6.25. The molecule has 0 spiro atoms. The molecule has 3 rings (SSSR count). The van der Waals surface area contributed by atoms with Crippen molar-refractivity contribution >= 4 is 34.2 Å². The molecule has 0 saturated heterocycles. The molecular weight excluding hydrogens is 297 g/mol. The predicted molar refractivity (Wildman–Crippen MR) is 80.4 cm³/mol. The maximum atomic E-state index is 6.25. The first-order valence-electron chi connectivity index (χ1n) is 6.16. The van der Waals surface area contributed by atoms with Crippen LogP contribution in [-0.2, 0) is 0 Å². The minimum absolute atomic E-state index is 0.394. The van der Waals surface area contributed by atoms with Crippen LogP contribution in [-0.4, -0.2) is 0 Å². The molecule has 5 heteroatoms. The molecule has 0 amide bonds. The zero-order valence-electron chi connectivity index (χ0n) is 11.0. The summed E-state index contributed by atoms with van der Waals surface area (Å²) in [5.74, 6) is 2.25. The van der Waals surface area contributed by atoms with E-state index in [-0.39, 0.29) is 0 Å². The number of benzene rings is 1. The van der Waals surface area contributed by atoms with Gasteiger partial charge in [-0.05, 0) is 38.1 Å². The Labute approximate surface area is 126 Å². The van der Waals surface area contributed by atoms with Gasteiger partial charge in [0.15, 0.2) is 5.58 Å². The lowest BCUT2D eigenvalue weighted by atomic mass is 10.1. The summed E-state index contributed by atoms with van der Waals surface area (Å²) in [6.07, 6.45) is 0. The van der Waals surface area contributed by atoms with Gasteiger partial charge in [0.25, 0.3) is 0 Å². The molecular formula is C15H13Cl2NO2. The van der Waals surface area contributed by atoms with E-state index in [1.165, 1.54) is 0 Å². The Bertz CT molecular complexity index is 789. The van der Waals surface area contributed by atoms with E-state index >= 15 is 0 Å². The molecule has 0 saturated carbocycles. The third kappa shape index (κ3) is 2.22. The van der Waals surface area contributed by atoms with E-state index in [2.05, 4.69) is 0 Å². The van der Waals surface area contributed by atoms with Crippen molar-refractivity contribution in [1.29, 1.82) is 0 Å². The third-order valence-corrected chi connectivity index (χ3v) is 3.77. The van der Waals surface area contributed by atoms with E-state index < -0.39 is 6.04 Å². The fraction of sp³-hybridized carbons (Fsp3) is 0.200. The van der Waals surface area contributed by atoms with Crippen LogP contribution in [0.2, 0.25) is 10.0 Å². The molecule has 0 aliphatic carbocycles. The lowest BCUT2D eigenvalue weighted by molar-refractivity contribution is 0.489. The highest BCUT2D eigenvalue weighted by Crippen LogP contribution is 2.34. The van der Waals surface area contributed by atoms with Gasteiger partial charge >= 0.3 is 0 Å². The summed E-state index contributed by atoms with van der Waals surface area (Å²) in [5.41, 5.74) is 7.76. The Morgan fingerprint density at radius 3 is 2.45 bits per heavy atom. The molecule has 0 aliphatic heterocycles. The molecule has 3 nitrogen and oxygen atoms in total. The number of rotatable bonds is 2. The van der Waals surface area contributed by atoms with Crippen LogP contribution in [0.3, 0.4) is 0 Å². The summed E-state index contributed by atoms with van der Waals surface area (Å²) in [4.78, 5) is 0. The van der Waals surface area contributed by atoms with E-state index in [0.717, 1.165) is 22.5 Å². The second-order valence-electron chi connectivity index (χ2n) is 4.80. The smallest absolute Gasteiger partial charge is 0.153 e. The number of aryl methyl sites for hydroxylation is 2. The summed E-state index contributed by atoms with van der Waals surface area (Å²) in [6, 6.07) is 6.84. The molecule has 2 heterocycles. The van der Waals surface area contributed by atoms with Crippen molar-refractivity contribution in [1.82, 2.24) is 0 Å². The van der Waals surface area contributed by atoms with Crippen molar-refractivity contribution in [3.8, 4) is 0 Å². The molecule has 2 aromatic heterocycles. The van der Waals surface area contributed by atoms with Crippen LogP contribution in [0.5, 0.6) is 0 Å². The SMILES string of the molecule is Cc1cc(C(N)c2cc3cc(Cl)cc(Cl)c3o2)c(C)o1. The third-order valence-electron chi connectivity index (χ3n) is 3.28. The molecule has 0 fully saturated rings. The highest BCUT2D eigenvalue weighted by molar-refractivity contribution is 6.38. The Hall–Kier alpha value is -1.42. The summed E-state index contributed by atoms with van der Waals surface area (Å²) in [6.45, 7) is 3.77. The average Bonchev–Trinajstić information content (AvgIpc) is 2.92. The summed E-state index contributed by atoms with van der Waals surface area (Å²) in [7, 11) is 0. The van der Waals surface area contributed by atoms with Crippen molar-refractivity contribution in [2.45, 2.75) is 19.9 Å². The molecule has 20 heavy (non-hydrogen) atoms. The van der Waals surface area contributed by atoms with Crippen LogP contribution in [0.4, 0.5) is 0 Å². The van der Waals surface area contributed by atoms with Crippen LogP contribution >= 0.6 is 23.2 Å². The van der Waals surface area contributed by atoms with Crippen LogP contribution in [0.15, 0.2) is 33.1 Å². The second kappa shape index (κ2) is 4.85. The molecule has 3 aromatic rings. The van der Waals surface area contributed by atoms with E-state index in [1.807, 2.05) is 26.0 Å². The number of hydrogen-bond donors (Lipinski definition) is 1. The molecule has 1 unspecified atom stereocenters. The fourth-order valence-corrected chi connectivity index (χ4v) is 2.91. The molecule has 0 radical (unpaired) electrons. The molecule has 0 aliphatic rings. The summed E-state index contributed by atoms with van der Waals surface area (Å²) >= 11 is 12.1. The Morgan fingerprint density at radius 1 is 1.05 bits per heavy atom. The lowest BCUT2D eigenvalue weighted by Crippen LogP contribution is -2.10. The second-order valence-corrected chi connectivity index (χ2v) is 5.64. The molecule has 104 valence electrons. The van der Waals surface area contributed by atoms with Gasteiger partial charge in [-0.15, -0.1) is 0 Å². The van der Waals surface area contributed by atoms with Gasteiger partial charge in [-0.2, -0.15) is 0 Å². The van der Waals surface area contributed by atoms with Crippen molar-refractivity contribution in [3.63, 3.8) is 0 Å². The van der Waals surface area contributed by atoms with Crippen molar-refractivity contribution < 1.29 is 8.83 Å². The highest BCUT2D eigenvalue weighted by atomic mass is 35.5. The normalized spacial score (nSPS) is 13.1. The fourth-order valence-electron chi connectivity index (χ4n) is 2.36. The number of nitrogens with two attached hydrogens (primary N) is 1. The first-order valence-corrected chi connectivity index (χ1v) is 6.92. The Kier molecular flexibility index (Phi) is 3.28. The molecule has 1 atom stereocenters. The largest absolute Gasteiger partial charge is 0.466 e. The molecule has 2 N–H and O–H groups in total. The maximum Gasteiger partial charge on any atom is 0.153 e. The number of furan rings is 2. The van der Waals surface area contributed by atoms with Crippen molar-refractivity contribution in [2.75, 3.05) is 0 Å². The van der Waals surface area contributed by atoms with Gasteiger partial charge in [0.2, 0.25) is 0 Å². The monoisotopic (exact) mass is 309 g/mol. The minimum Gasteiger partial charge on any atom is -0.466 e. The Balaban J connectivity index is 2.10. The first kappa shape index (κ1) is 13.6. The van der Waals surface area contributed by atoms with Gasteiger partial charge in [-0.25, -0.2) is 0 Å². The van der Waals surface area contributed by atoms with Gasteiger partial charge in [0.05, 0.1) is 11.1 Å². The highest BCUT2D eigenvalue weighted by Gasteiger charge is 2.20. The lowest BCUT2D eigenvalue weighted by Gasteiger charge is -2.06. The van der Waals surface area contributed by atoms with Crippen LogP contribution in [0.25, 0.3) is 11.0 Å². The first-order chi connectivity index (χ1) is 9.45. The van der Waals surface area contributed by atoms with Crippen LogP contribution < -0.4 is 5.73 Å². The topological polar surface area (TPSA) is 52.3 Å². The summed E-state index contributed by atoms with van der Waals surface area (Å²) in [5, 5.41) is 1.88. The van der Waals surface area contributed by atoms with Gasteiger partial charge in [0, 0.05) is 16.0 Å². The standard InChI is InChI=1S/C15H13Cl2NO2/c1-7-3-11(8(2)19-7)14(18)13-5-9-4-10(16)6-12(17)15(9)20-13/h3-6,14H,18H2,1-2H3. The molecule has 1 aromatic carbocycles. The van der Waals surface area contributed by atoms with Gasteiger partial charge in [-0.3, -0.25) is 0 Å². The quantitative estimate of drug-likeness (QED) is 0.725. The number of fused-ring (bicyclic) bond motifs is 1. The van der Waals surface area contributed by atoms with Crippen LogP contribution in [0, 0.1) is 13.8 Å². The van der Waals surface area contributed by atoms with E-state index in [0.29, 0.717) is 21.4 Å². The van der Waals surface area contributed by atoms with E-state index in [4.69, 9.17) is 37.8 Å². The van der Waals surface area contributed by atoms with Crippen molar-refractivity contribution in [2.24, 2.45) is 5.73 Å². The Morgan fingerprint density at radius 2 is 1.80 bits per heavy atom. The number of halogens is 2. The zero-order valence-corrected chi connectivity index (χ0v) is 12.5. The van der Waals surface area contributed by atoms with Gasteiger partial charge in [-0.1, -0.05) is 23.2 Å². The summed E-state index contributed by atoms with van der Waals surface area (Å²) < 4.78 is 11.3. The predicted octanol–water partition coefficient (Wildman–Crippen LogP) is 5.00. The van der Waals surface area contributed by atoms with Gasteiger partial charge in [0.1, 0.15) is 17.3 Å². The molecule has 0 bridgehead atoms. The van der Waals surface area contributed by atoms with E-state index in [1.54, 1.807) is 12.1 Å². The van der Waals surface area contributed by atoms with Crippen molar-refractivity contribution in [3.05, 3.63) is 57.2 Å². The van der Waals surface area contributed by atoms with Crippen LogP contribution in [0.1, 0.15) is 28.9 Å². The van der Waals surface area contributed by atoms with E-state index in [9.17, 15) is 0 Å². The average molecular weight is 310 g/mol. The minimum atomic E-state index is -0.394. The zero-order chi connectivity index (χ0) is 14.4. The number of hydrogen-bond acceptors (Lipinski definition) is 3. The van der Waals surface area contributed by atoms with Gasteiger partial charge < -0.3 is 14.6 Å².